The predicted molar refractivity (Wildman–Crippen MR) is 40.5 cm³/mol. The van der Waals surface area contributed by atoms with Gasteiger partial charge in [0.15, 0.2) is 0 Å². The molecule has 56 valence electrons. The van der Waals surface area contributed by atoms with E-state index in [1.54, 1.807) is 7.11 Å². The van der Waals surface area contributed by atoms with Gasteiger partial charge in [0.2, 0.25) is 4.47 Å². The van der Waals surface area contributed by atoms with E-state index in [9.17, 15) is 0 Å². The summed E-state index contributed by atoms with van der Waals surface area (Å²) in [6.45, 7) is 0.672. The molecule has 0 spiro atoms. The number of halogens is 1. The first-order valence-corrected chi connectivity index (χ1v) is 3.99. The van der Waals surface area contributed by atoms with Crippen LogP contribution in [0.4, 0.5) is 0 Å². The average molecular weight is 179 g/mol. The van der Waals surface area contributed by atoms with Crippen molar-refractivity contribution in [1.29, 1.82) is 0 Å². The minimum Gasteiger partial charge on any atom is -0.384 e. The van der Waals surface area contributed by atoms with E-state index in [0.717, 1.165) is 11.4 Å². The molecule has 5 heteroatoms. The molecule has 1 aromatic heterocycles. The third-order valence-corrected chi connectivity index (χ3v) is 2.04. The van der Waals surface area contributed by atoms with Crippen molar-refractivity contribution in [3.63, 3.8) is 0 Å². The van der Waals surface area contributed by atoms with Crippen LogP contribution in [0.3, 0.4) is 0 Å². The average Bonchev–Trinajstić information content (AvgIpc) is 2.31. The number of nitrogens with zero attached hydrogens (tertiary/aromatic N) is 2. The summed E-state index contributed by atoms with van der Waals surface area (Å²) in [5.41, 5.74) is 0. The van der Waals surface area contributed by atoms with Crippen molar-refractivity contribution in [3.05, 3.63) is 9.47 Å². The Morgan fingerprint density at radius 3 is 2.90 bits per heavy atom. The molecule has 3 nitrogen and oxygen atoms in total. The summed E-state index contributed by atoms with van der Waals surface area (Å²) in [7, 11) is 1.66. The van der Waals surface area contributed by atoms with Crippen molar-refractivity contribution in [2.24, 2.45) is 0 Å². The molecule has 1 aromatic rings. The van der Waals surface area contributed by atoms with Crippen molar-refractivity contribution in [2.75, 3.05) is 13.7 Å². The summed E-state index contributed by atoms with van der Waals surface area (Å²) in [4.78, 5) is 0. The van der Waals surface area contributed by atoms with Gasteiger partial charge >= 0.3 is 0 Å². The maximum Gasteiger partial charge on any atom is 0.207 e. The van der Waals surface area contributed by atoms with Gasteiger partial charge in [-0.05, 0) is 11.6 Å². The zero-order valence-corrected chi connectivity index (χ0v) is 7.08. The lowest BCUT2D eigenvalue weighted by molar-refractivity contribution is 0.202. The molecular weight excluding hydrogens is 172 g/mol. The molecule has 0 radical (unpaired) electrons. The van der Waals surface area contributed by atoms with Crippen molar-refractivity contribution in [2.45, 2.75) is 6.42 Å². The third-order valence-electron chi connectivity index (χ3n) is 0.962. The molecule has 0 aliphatic carbocycles. The molecule has 10 heavy (non-hydrogen) atoms. The van der Waals surface area contributed by atoms with E-state index in [4.69, 9.17) is 16.3 Å². The van der Waals surface area contributed by atoms with Crippen LogP contribution in [0.5, 0.6) is 0 Å². The lowest BCUT2D eigenvalue weighted by atomic mass is 10.5. The van der Waals surface area contributed by atoms with Crippen molar-refractivity contribution >= 4 is 22.9 Å². The predicted octanol–water partition coefficient (Wildman–Crippen LogP) is 1.38. The molecular formula is C5H7ClN2OS. The molecule has 0 amide bonds. The summed E-state index contributed by atoms with van der Waals surface area (Å²) in [5, 5.41) is 8.38. The van der Waals surface area contributed by atoms with E-state index in [1.165, 1.54) is 11.3 Å². The van der Waals surface area contributed by atoms with Gasteiger partial charge in [-0.1, -0.05) is 11.3 Å². The Morgan fingerprint density at radius 1 is 1.60 bits per heavy atom. The largest absolute Gasteiger partial charge is 0.384 e. The number of hydrogen-bond donors (Lipinski definition) is 0. The van der Waals surface area contributed by atoms with Crippen molar-refractivity contribution < 1.29 is 4.74 Å². The Bertz CT molecular complexity index is 203. The molecule has 0 N–H and O–H groups in total. The Morgan fingerprint density at radius 2 is 2.40 bits per heavy atom. The van der Waals surface area contributed by atoms with Crippen LogP contribution in [0.1, 0.15) is 5.01 Å². The second kappa shape index (κ2) is 3.85. The molecule has 0 unspecified atom stereocenters. The molecule has 0 aliphatic heterocycles. The van der Waals surface area contributed by atoms with Gasteiger partial charge in [-0.25, -0.2) is 0 Å². The summed E-state index contributed by atoms with van der Waals surface area (Å²) in [6, 6.07) is 0. The molecule has 1 rings (SSSR count). The van der Waals surface area contributed by atoms with Crippen LogP contribution >= 0.6 is 22.9 Å². The van der Waals surface area contributed by atoms with E-state index in [2.05, 4.69) is 10.2 Å². The van der Waals surface area contributed by atoms with E-state index < -0.39 is 0 Å². The molecule has 0 fully saturated rings. The topological polar surface area (TPSA) is 35.0 Å². The highest BCUT2D eigenvalue weighted by Gasteiger charge is 1.99. The molecule has 0 aromatic carbocycles. The Labute approximate surface area is 68.0 Å². The summed E-state index contributed by atoms with van der Waals surface area (Å²) >= 11 is 6.93. The first kappa shape index (κ1) is 7.91. The van der Waals surface area contributed by atoms with Crippen LogP contribution in [0, 0.1) is 0 Å². The molecule has 0 atom stereocenters. The summed E-state index contributed by atoms with van der Waals surface area (Å²) in [5.74, 6) is 0. The van der Waals surface area contributed by atoms with E-state index in [-0.39, 0.29) is 0 Å². The first-order valence-electron chi connectivity index (χ1n) is 2.79. The van der Waals surface area contributed by atoms with Crippen LogP contribution < -0.4 is 0 Å². The van der Waals surface area contributed by atoms with Crippen molar-refractivity contribution in [3.8, 4) is 0 Å². The van der Waals surface area contributed by atoms with Crippen LogP contribution in [-0.4, -0.2) is 23.9 Å². The quantitative estimate of drug-likeness (QED) is 0.702. The maximum absolute atomic E-state index is 5.54. The fraction of sp³-hybridized carbons (Fsp3) is 0.600. The van der Waals surface area contributed by atoms with Gasteiger partial charge in [0.05, 0.1) is 6.61 Å². The molecule has 0 saturated heterocycles. The summed E-state index contributed by atoms with van der Waals surface area (Å²) in [6.07, 6.45) is 0.793. The normalized spacial score (nSPS) is 10.2. The second-order valence-electron chi connectivity index (χ2n) is 1.69. The van der Waals surface area contributed by atoms with Gasteiger partial charge in [0, 0.05) is 13.5 Å². The van der Waals surface area contributed by atoms with Crippen LogP contribution in [0.25, 0.3) is 0 Å². The number of methoxy groups -OCH3 is 1. The number of ether oxygens (including phenoxy) is 1. The van der Waals surface area contributed by atoms with Crippen molar-refractivity contribution in [1.82, 2.24) is 10.2 Å². The number of rotatable bonds is 3. The number of hydrogen-bond acceptors (Lipinski definition) is 4. The standard InChI is InChI=1S/C5H7ClN2OS/c1-9-3-2-4-7-8-5(6)10-4/h2-3H2,1H3. The molecule has 0 bridgehead atoms. The minimum atomic E-state index is 0.492. The van der Waals surface area contributed by atoms with Gasteiger partial charge < -0.3 is 4.74 Å². The fourth-order valence-corrected chi connectivity index (χ4v) is 1.37. The summed E-state index contributed by atoms with van der Waals surface area (Å²) < 4.78 is 5.34. The number of aromatic nitrogens is 2. The van der Waals surface area contributed by atoms with Gasteiger partial charge in [-0.2, -0.15) is 0 Å². The lowest BCUT2D eigenvalue weighted by Crippen LogP contribution is -1.92. The van der Waals surface area contributed by atoms with Gasteiger partial charge in [-0.3, -0.25) is 0 Å². The van der Waals surface area contributed by atoms with E-state index in [0.29, 0.717) is 11.1 Å². The van der Waals surface area contributed by atoms with E-state index in [1.807, 2.05) is 0 Å². The highest BCUT2D eigenvalue weighted by molar-refractivity contribution is 7.15. The SMILES string of the molecule is COCCc1nnc(Cl)s1. The highest BCUT2D eigenvalue weighted by Crippen LogP contribution is 2.14. The molecule has 0 saturated carbocycles. The maximum atomic E-state index is 5.54. The Hall–Kier alpha value is -0.190. The lowest BCUT2D eigenvalue weighted by Gasteiger charge is -1.90. The smallest absolute Gasteiger partial charge is 0.207 e. The third kappa shape index (κ3) is 2.21. The fourth-order valence-electron chi connectivity index (χ4n) is 0.524. The van der Waals surface area contributed by atoms with Crippen LogP contribution in [0.2, 0.25) is 4.47 Å². The minimum absolute atomic E-state index is 0.492. The second-order valence-corrected chi connectivity index (χ2v) is 3.34. The Balaban J connectivity index is 2.42. The Kier molecular flexibility index (Phi) is 3.05. The van der Waals surface area contributed by atoms with Gasteiger partial charge in [0.25, 0.3) is 0 Å². The van der Waals surface area contributed by atoms with E-state index >= 15 is 0 Å². The highest BCUT2D eigenvalue weighted by atomic mass is 35.5. The zero-order chi connectivity index (χ0) is 7.40. The van der Waals surface area contributed by atoms with Gasteiger partial charge in [0.1, 0.15) is 5.01 Å². The van der Waals surface area contributed by atoms with Crippen LogP contribution in [0.15, 0.2) is 0 Å². The van der Waals surface area contributed by atoms with Crippen LogP contribution in [-0.2, 0) is 11.2 Å². The molecule has 0 aliphatic rings. The monoisotopic (exact) mass is 178 g/mol. The van der Waals surface area contributed by atoms with Gasteiger partial charge in [-0.15, -0.1) is 10.2 Å². The molecule has 1 heterocycles. The first-order chi connectivity index (χ1) is 4.83. The zero-order valence-electron chi connectivity index (χ0n) is 5.50.